The van der Waals surface area contributed by atoms with Crippen LogP contribution in [-0.4, -0.2) is 53.5 Å². The van der Waals surface area contributed by atoms with Crippen LogP contribution in [-0.2, 0) is 9.53 Å². The lowest BCUT2D eigenvalue weighted by Gasteiger charge is -2.30. The molecule has 0 saturated carbocycles. The molecule has 0 aromatic carbocycles. The van der Waals surface area contributed by atoms with Gasteiger partial charge < -0.3 is 14.7 Å². The van der Waals surface area contributed by atoms with Crippen LogP contribution in [0.4, 0.5) is 13.2 Å². The fraction of sp³-hybridized carbons (Fsp3) is 0.909. The molecule has 0 radical (unpaired) electrons. The Hall–Kier alpha value is -0.820. The van der Waals surface area contributed by atoms with Crippen LogP contribution in [0.15, 0.2) is 0 Å². The van der Waals surface area contributed by atoms with Crippen molar-refractivity contribution < 1.29 is 27.8 Å². The number of ether oxygens (including phenoxy) is 1. The summed E-state index contributed by atoms with van der Waals surface area (Å²) in [6.07, 6.45) is -5.64. The average Bonchev–Trinajstić information content (AvgIpc) is 2.19. The Morgan fingerprint density at radius 3 is 2.22 bits per heavy atom. The highest BCUT2D eigenvalue weighted by atomic mass is 19.4. The summed E-state index contributed by atoms with van der Waals surface area (Å²) in [7, 11) is 0. The molecule has 7 heteroatoms. The molecule has 0 saturated heterocycles. The van der Waals surface area contributed by atoms with E-state index in [1.165, 1.54) is 25.7 Å². The first kappa shape index (κ1) is 17.2. The fourth-order valence-electron chi connectivity index (χ4n) is 1.36. The van der Waals surface area contributed by atoms with Crippen molar-refractivity contribution >= 4 is 5.91 Å². The monoisotopic (exact) mass is 271 g/mol. The van der Waals surface area contributed by atoms with Crippen molar-refractivity contribution in [2.75, 3.05) is 19.7 Å². The van der Waals surface area contributed by atoms with Crippen molar-refractivity contribution in [3.8, 4) is 0 Å². The molecule has 4 nitrogen and oxygen atoms in total. The number of carbonyl (C=O) groups is 1. The SMILES string of the molecule is CCN(CC(C)(C)O)C(=O)C(C)OCC(F)(F)F. The largest absolute Gasteiger partial charge is 0.411 e. The summed E-state index contributed by atoms with van der Waals surface area (Å²) in [6.45, 7) is 4.86. The second kappa shape index (κ2) is 6.38. The third kappa shape index (κ3) is 7.50. The van der Waals surface area contributed by atoms with Crippen LogP contribution in [0, 0.1) is 0 Å². The predicted molar refractivity (Wildman–Crippen MR) is 60.0 cm³/mol. The van der Waals surface area contributed by atoms with E-state index >= 15 is 0 Å². The summed E-state index contributed by atoms with van der Waals surface area (Å²) in [5.41, 5.74) is -1.10. The van der Waals surface area contributed by atoms with Gasteiger partial charge in [0.05, 0.1) is 5.60 Å². The van der Waals surface area contributed by atoms with Crippen molar-refractivity contribution in [1.29, 1.82) is 0 Å². The van der Waals surface area contributed by atoms with Gasteiger partial charge in [-0.15, -0.1) is 0 Å². The second-order valence-corrected chi connectivity index (χ2v) is 4.73. The van der Waals surface area contributed by atoms with Gasteiger partial charge in [-0.2, -0.15) is 13.2 Å². The van der Waals surface area contributed by atoms with Crippen molar-refractivity contribution in [3.05, 3.63) is 0 Å². The van der Waals surface area contributed by atoms with Crippen molar-refractivity contribution in [1.82, 2.24) is 4.90 Å². The average molecular weight is 271 g/mol. The third-order valence-electron chi connectivity index (χ3n) is 2.12. The van der Waals surface area contributed by atoms with Crippen LogP contribution >= 0.6 is 0 Å². The van der Waals surface area contributed by atoms with Crippen LogP contribution in [0.2, 0.25) is 0 Å². The van der Waals surface area contributed by atoms with E-state index in [0.717, 1.165) is 0 Å². The van der Waals surface area contributed by atoms with Gasteiger partial charge in [-0.1, -0.05) is 0 Å². The highest BCUT2D eigenvalue weighted by molar-refractivity contribution is 5.80. The Labute approximate surface area is 105 Å². The molecule has 0 aliphatic carbocycles. The van der Waals surface area contributed by atoms with Gasteiger partial charge in [0.1, 0.15) is 12.7 Å². The van der Waals surface area contributed by atoms with Gasteiger partial charge >= 0.3 is 6.18 Å². The number of aliphatic hydroxyl groups is 1. The van der Waals surface area contributed by atoms with Gasteiger partial charge in [0.25, 0.3) is 5.91 Å². The minimum Gasteiger partial charge on any atom is -0.389 e. The number of hydrogen-bond acceptors (Lipinski definition) is 3. The molecule has 0 aliphatic rings. The highest BCUT2D eigenvalue weighted by Crippen LogP contribution is 2.16. The summed E-state index contributed by atoms with van der Waals surface area (Å²) < 4.78 is 40.3. The Bertz CT molecular complexity index is 274. The van der Waals surface area contributed by atoms with Gasteiger partial charge in [-0.3, -0.25) is 4.79 Å². The van der Waals surface area contributed by atoms with Crippen LogP contribution < -0.4 is 0 Å². The number of carbonyl (C=O) groups excluding carboxylic acids is 1. The molecule has 0 fully saturated rings. The zero-order valence-electron chi connectivity index (χ0n) is 11.0. The molecule has 1 atom stereocenters. The molecule has 0 aliphatic heterocycles. The maximum atomic E-state index is 11.9. The molecule has 1 amide bonds. The number of halogens is 3. The van der Waals surface area contributed by atoms with E-state index in [0.29, 0.717) is 6.54 Å². The van der Waals surface area contributed by atoms with Crippen LogP contribution in [0.1, 0.15) is 27.7 Å². The van der Waals surface area contributed by atoms with Crippen molar-refractivity contribution in [2.24, 2.45) is 0 Å². The molecule has 0 spiro atoms. The van der Waals surface area contributed by atoms with Gasteiger partial charge in [-0.25, -0.2) is 0 Å². The normalized spacial score (nSPS) is 14.4. The highest BCUT2D eigenvalue weighted by Gasteiger charge is 2.31. The van der Waals surface area contributed by atoms with Gasteiger partial charge in [0.15, 0.2) is 0 Å². The van der Waals surface area contributed by atoms with Gasteiger partial charge in [0, 0.05) is 13.1 Å². The van der Waals surface area contributed by atoms with E-state index in [1.807, 2.05) is 0 Å². The standard InChI is InChI=1S/C11H20F3NO3/c1-5-15(6-10(3,4)17)9(16)8(2)18-7-11(12,13)14/h8,17H,5-7H2,1-4H3. The Balaban J connectivity index is 4.41. The minimum atomic E-state index is -4.46. The first-order chi connectivity index (χ1) is 7.96. The molecule has 18 heavy (non-hydrogen) atoms. The van der Waals surface area contributed by atoms with E-state index in [-0.39, 0.29) is 6.54 Å². The summed E-state index contributed by atoms with van der Waals surface area (Å²) in [5.74, 6) is -0.566. The quantitative estimate of drug-likeness (QED) is 0.798. The Kier molecular flexibility index (Phi) is 6.09. The van der Waals surface area contributed by atoms with E-state index in [4.69, 9.17) is 0 Å². The van der Waals surface area contributed by atoms with E-state index < -0.39 is 30.4 Å². The smallest absolute Gasteiger partial charge is 0.389 e. The number of hydrogen-bond donors (Lipinski definition) is 1. The summed E-state index contributed by atoms with van der Waals surface area (Å²) >= 11 is 0. The first-order valence-corrected chi connectivity index (χ1v) is 5.66. The van der Waals surface area contributed by atoms with E-state index in [1.54, 1.807) is 6.92 Å². The first-order valence-electron chi connectivity index (χ1n) is 5.66. The second-order valence-electron chi connectivity index (χ2n) is 4.73. The number of nitrogens with zero attached hydrogens (tertiary/aromatic N) is 1. The third-order valence-corrected chi connectivity index (χ3v) is 2.12. The molecule has 1 N–H and O–H groups in total. The molecular weight excluding hydrogens is 251 g/mol. The van der Waals surface area contributed by atoms with E-state index in [9.17, 15) is 23.1 Å². The predicted octanol–water partition coefficient (Wildman–Crippen LogP) is 1.57. The molecule has 0 aromatic rings. The molecule has 0 aromatic heterocycles. The van der Waals surface area contributed by atoms with Crippen LogP contribution in [0.25, 0.3) is 0 Å². The van der Waals surface area contributed by atoms with Crippen molar-refractivity contribution in [2.45, 2.75) is 45.6 Å². The van der Waals surface area contributed by atoms with Crippen LogP contribution in [0.5, 0.6) is 0 Å². The van der Waals surface area contributed by atoms with E-state index in [2.05, 4.69) is 4.74 Å². The Morgan fingerprint density at radius 1 is 1.39 bits per heavy atom. The number of alkyl halides is 3. The number of amides is 1. The van der Waals surface area contributed by atoms with Gasteiger partial charge in [-0.05, 0) is 27.7 Å². The molecule has 0 heterocycles. The molecule has 108 valence electrons. The summed E-state index contributed by atoms with van der Waals surface area (Å²) in [4.78, 5) is 13.1. The lowest BCUT2D eigenvalue weighted by Crippen LogP contribution is -2.46. The maximum absolute atomic E-state index is 11.9. The molecular formula is C11H20F3NO3. The summed E-state index contributed by atoms with van der Waals surface area (Å²) in [5, 5.41) is 9.59. The molecule has 1 unspecified atom stereocenters. The van der Waals surface area contributed by atoms with Crippen molar-refractivity contribution in [3.63, 3.8) is 0 Å². The molecule has 0 rings (SSSR count). The lowest BCUT2D eigenvalue weighted by atomic mass is 10.1. The topological polar surface area (TPSA) is 49.8 Å². The van der Waals surface area contributed by atoms with Gasteiger partial charge in [0.2, 0.25) is 0 Å². The Morgan fingerprint density at radius 2 is 1.89 bits per heavy atom. The fourth-order valence-corrected chi connectivity index (χ4v) is 1.36. The maximum Gasteiger partial charge on any atom is 0.411 e. The number of likely N-dealkylation sites (N-methyl/N-ethyl adjacent to an activating group) is 1. The zero-order valence-corrected chi connectivity index (χ0v) is 11.0. The molecule has 0 bridgehead atoms. The van der Waals surface area contributed by atoms with Crippen LogP contribution in [0.3, 0.4) is 0 Å². The number of rotatable bonds is 6. The zero-order chi connectivity index (χ0) is 14.6. The lowest BCUT2D eigenvalue weighted by molar-refractivity contribution is -0.189. The minimum absolute atomic E-state index is 0.0437. The summed E-state index contributed by atoms with van der Waals surface area (Å²) in [6, 6.07) is 0.